The lowest BCUT2D eigenvalue weighted by molar-refractivity contribution is 0.373. The van der Waals surface area contributed by atoms with Crippen molar-refractivity contribution in [3.63, 3.8) is 0 Å². The van der Waals surface area contributed by atoms with Gasteiger partial charge < -0.3 is 9.47 Å². The van der Waals surface area contributed by atoms with Gasteiger partial charge in [0.15, 0.2) is 23.1 Å². The van der Waals surface area contributed by atoms with E-state index in [1.54, 1.807) is 0 Å². The molecule has 0 amide bonds. The van der Waals surface area contributed by atoms with Gasteiger partial charge in [0.05, 0.1) is 14.2 Å². The number of hydrogen-bond donors (Lipinski definition) is 0. The summed E-state index contributed by atoms with van der Waals surface area (Å²) >= 11 is 0. The standard InChI is InChI=1S/C16H10F4O2/c1-21-9-5-7-3-4-8-6-10(22-2)14(18)16(20)12(8)11(7)15(19)13(9)17/h3-6H,1-2H3. The van der Waals surface area contributed by atoms with Crippen molar-refractivity contribution in [2.24, 2.45) is 0 Å². The molecular formula is C16H10F4O2. The molecule has 3 aromatic carbocycles. The Balaban J connectivity index is 2.55. The fourth-order valence-corrected chi connectivity index (χ4v) is 2.49. The lowest BCUT2D eigenvalue weighted by atomic mass is 10.00. The van der Waals surface area contributed by atoms with Gasteiger partial charge in [0.1, 0.15) is 0 Å². The largest absolute Gasteiger partial charge is 0.494 e. The molecule has 0 atom stereocenters. The molecule has 114 valence electrons. The Labute approximate surface area is 122 Å². The zero-order valence-corrected chi connectivity index (χ0v) is 11.6. The molecule has 22 heavy (non-hydrogen) atoms. The Morgan fingerprint density at radius 1 is 0.636 bits per heavy atom. The highest BCUT2D eigenvalue weighted by molar-refractivity contribution is 6.09. The van der Waals surface area contributed by atoms with Gasteiger partial charge in [0, 0.05) is 10.8 Å². The zero-order valence-electron chi connectivity index (χ0n) is 11.6. The van der Waals surface area contributed by atoms with Crippen LogP contribution in [0.15, 0.2) is 24.3 Å². The van der Waals surface area contributed by atoms with Crippen molar-refractivity contribution >= 4 is 21.5 Å². The van der Waals surface area contributed by atoms with Gasteiger partial charge in [-0.2, -0.15) is 8.78 Å². The average molecular weight is 310 g/mol. The van der Waals surface area contributed by atoms with Crippen molar-refractivity contribution in [2.45, 2.75) is 0 Å². The molecule has 0 aliphatic rings. The third-order valence-electron chi connectivity index (χ3n) is 3.54. The molecule has 0 saturated carbocycles. The quantitative estimate of drug-likeness (QED) is 0.510. The second kappa shape index (κ2) is 5.05. The van der Waals surface area contributed by atoms with Crippen LogP contribution in [0.5, 0.6) is 11.5 Å². The van der Waals surface area contributed by atoms with Gasteiger partial charge in [-0.3, -0.25) is 0 Å². The first-order chi connectivity index (χ1) is 10.5. The number of halogens is 4. The summed E-state index contributed by atoms with van der Waals surface area (Å²) in [5.74, 6) is -5.69. The van der Waals surface area contributed by atoms with E-state index in [9.17, 15) is 17.6 Å². The summed E-state index contributed by atoms with van der Waals surface area (Å²) in [5.41, 5.74) is 0. The Hall–Kier alpha value is -2.50. The fourth-order valence-electron chi connectivity index (χ4n) is 2.49. The number of rotatable bonds is 2. The van der Waals surface area contributed by atoms with Crippen LogP contribution in [0.3, 0.4) is 0 Å². The lowest BCUT2D eigenvalue weighted by Gasteiger charge is -2.12. The molecule has 3 aromatic rings. The van der Waals surface area contributed by atoms with E-state index in [1.807, 2.05) is 0 Å². The first kappa shape index (κ1) is 14.4. The number of fused-ring (bicyclic) bond motifs is 3. The molecule has 0 radical (unpaired) electrons. The van der Waals surface area contributed by atoms with Gasteiger partial charge >= 0.3 is 0 Å². The van der Waals surface area contributed by atoms with Gasteiger partial charge in [0.2, 0.25) is 11.6 Å². The molecule has 0 fully saturated rings. The summed E-state index contributed by atoms with van der Waals surface area (Å²) in [6.45, 7) is 0. The number of benzene rings is 3. The highest BCUT2D eigenvalue weighted by Crippen LogP contribution is 2.37. The first-order valence-electron chi connectivity index (χ1n) is 6.30. The molecule has 0 bridgehead atoms. The third kappa shape index (κ3) is 1.87. The van der Waals surface area contributed by atoms with Gasteiger partial charge in [-0.15, -0.1) is 0 Å². The van der Waals surface area contributed by atoms with E-state index in [0.717, 1.165) is 0 Å². The number of methoxy groups -OCH3 is 2. The van der Waals surface area contributed by atoms with Crippen LogP contribution in [0, 0.1) is 23.3 Å². The molecule has 2 nitrogen and oxygen atoms in total. The minimum atomic E-state index is -1.29. The van der Waals surface area contributed by atoms with E-state index >= 15 is 0 Å². The second-order valence-corrected chi connectivity index (χ2v) is 4.68. The van der Waals surface area contributed by atoms with Crippen molar-refractivity contribution in [3.8, 4) is 11.5 Å². The first-order valence-corrected chi connectivity index (χ1v) is 6.30. The molecule has 0 aromatic heterocycles. The van der Waals surface area contributed by atoms with Gasteiger partial charge in [-0.1, -0.05) is 12.1 Å². The van der Waals surface area contributed by atoms with Crippen molar-refractivity contribution < 1.29 is 27.0 Å². The normalized spacial score (nSPS) is 11.2. The minimum absolute atomic E-state index is 0.201. The zero-order chi connectivity index (χ0) is 16.0. The molecule has 0 saturated heterocycles. The predicted octanol–water partition coefficient (Wildman–Crippen LogP) is 4.57. The van der Waals surface area contributed by atoms with Crippen LogP contribution in [-0.4, -0.2) is 14.2 Å². The Morgan fingerprint density at radius 2 is 1.00 bits per heavy atom. The fraction of sp³-hybridized carbons (Fsp3) is 0.125. The third-order valence-corrected chi connectivity index (χ3v) is 3.54. The van der Waals surface area contributed by atoms with Crippen molar-refractivity contribution in [3.05, 3.63) is 47.5 Å². The number of ether oxygens (including phenoxy) is 2. The Morgan fingerprint density at radius 3 is 1.32 bits per heavy atom. The average Bonchev–Trinajstić information content (AvgIpc) is 2.53. The molecule has 3 rings (SSSR count). The maximum Gasteiger partial charge on any atom is 0.201 e. The molecule has 0 N–H and O–H groups in total. The summed E-state index contributed by atoms with van der Waals surface area (Å²) < 4.78 is 65.8. The highest BCUT2D eigenvalue weighted by Gasteiger charge is 2.21. The lowest BCUT2D eigenvalue weighted by Crippen LogP contribution is -1.98. The van der Waals surface area contributed by atoms with Crippen LogP contribution in [0.1, 0.15) is 0 Å². The summed E-state index contributed by atoms with van der Waals surface area (Å²) in [7, 11) is 2.38. The van der Waals surface area contributed by atoms with E-state index in [0.29, 0.717) is 0 Å². The van der Waals surface area contributed by atoms with Crippen LogP contribution in [0.2, 0.25) is 0 Å². The monoisotopic (exact) mass is 310 g/mol. The van der Waals surface area contributed by atoms with Gasteiger partial charge in [0.25, 0.3) is 0 Å². The Kier molecular flexibility index (Phi) is 3.31. The molecule has 0 aliphatic heterocycles. The molecule has 0 aliphatic carbocycles. The van der Waals surface area contributed by atoms with E-state index in [2.05, 4.69) is 0 Å². The van der Waals surface area contributed by atoms with Crippen LogP contribution in [0.4, 0.5) is 17.6 Å². The van der Waals surface area contributed by atoms with Crippen LogP contribution >= 0.6 is 0 Å². The maximum absolute atomic E-state index is 14.3. The van der Waals surface area contributed by atoms with Crippen LogP contribution in [-0.2, 0) is 0 Å². The van der Waals surface area contributed by atoms with Crippen LogP contribution < -0.4 is 9.47 Å². The highest BCUT2D eigenvalue weighted by atomic mass is 19.2. The van der Waals surface area contributed by atoms with E-state index in [4.69, 9.17) is 9.47 Å². The predicted molar refractivity (Wildman–Crippen MR) is 74.4 cm³/mol. The Bertz CT molecular complexity index is 831. The summed E-state index contributed by atoms with van der Waals surface area (Å²) in [5, 5.41) is -0.275. The molecule has 0 spiro atoms. The molecule has 6 heteroatoms. The molecular weight excluding hydrogens is 300 g/mol. The number of hydrogen-bond acceptors (Lipinski definition) is 2. The van der Waals surface area contributed by atoms with Gasteiger partial charge in [-0.05, 0) is 22.9 Å². The van der Waals surface area contributed by atoms with Crippen molar-refractivity contribution in [1.82, 2.24) is 0 Å². The van der Waals surface area contributed by atoms with E-state index in [-0.39, 0.29) is 33.0 Å². The summed E-state index contributed by atoms with van der Waals surface area (Å²) in [6, 6.07) is 5.41. The SMILES string of the molecule is COc1cc2ccc3cc(OC)c(F)c(F)c3c2c(F)c1F. The van der Waals surface area contributed by atoms with E-state index in [1.165, 1.54) is 38.5 Å². The van der Waals surface area contributed by atoms with Crippen molar-refractivity contribution in [1.29, 1.82) is 0 Å². The van der Waals surface area contributed by atoms with E-state index < -0.39 is 23.3 Å². The second-order valence-electron chi connectivity index (χ2n) is 4.68. The maximum atomic E-state index is 14.3. The summed E-state index contributed by atoms with van der Waals surface area (Å²) in [6.07, 6.45) is 0. The van der Waals surface area contributed by atoms with Gasteiger partial charge in [-0.25, -0.2) is 8.78 Å². The molecule has 0 heterocycles. The summed E-state index contributed by atoms with van der Waals surface area (Å²) in [4.78, 5) is 0. The smallest absolute Gasteiger partial charge is 0.201 e. The minimum Gasteiger partial charge on any atom is -0.494 e. The molecule has 0 unspecified atom stereocenters. The van der Waals surface area contributed by atoms with Crippen molar-refractivity contribution in [2.75, 3.05) is 14.2 Å². The topological polar surface area (TPSA) is 18.5 Å². The van der Waals surface area contributed by atoms with Crippen LogP contribution in [0.25, 0.3) is 21.5 Å².